The fourth-order valence-corrected chi connectivity index (χ4v) is 2.21. The van der Waals surface area contributed by atoms with Gasteiger partial charge in [0.1, 0.15) is 0 Å². The summed E-state index contributed by atoms with van der Waals surface area (Å²) in [5.74, 6) is -0.768. The van der Waals surface area contributed by atoms with Gasteiger partial charge in [0.2, 0.25) is 0 Å². The lowest BCUT2D eigenvalue weighted by molar-refractivity contribution is -0.137. The normalized spacial score (nSPS) is 12.8. The summed E-state index contributed by atoms with van der Waals surface area (Å²) < 4.78 is 0. The van der Waals surface area contributed by atoms with E-state index in [1.807, 2.05) is 0 Å². The molecule has 0 spiro atoms. The van der Waals surface area contributed by atoms with Gasteiger partial charge >= 0.3 is 5.97 Å². The van der Waals surface area contributed by atoms with Gasteiger partial charge in [-0.15, -0.1) is 0 Å². The molecular weight excluding hydrogens is 242 g/mol. The van der Waals surface area contributed by atoms with Gasteiger partial charge in [-0.25, -0.2) is 0 Å². The molecule has 4 nitrogen and oxygen atoms in total. The number of hydrogen-bond acceptors (Lipinski definition) is 3. The van der Waals surface area contributed by atoms with Crippen molar-refractivity contribution in [1.82, 2.24) is 4.90 Å². The van der Waals surface area contributed by atoms with E-state index in [1.54, 1.807) is 6.92 Å². The molecule has 0 saturated heterocycles. The molecule has 1 unspecified atom stereocenters. The molecule has 0 aromatic heterocycles. The molecule has 0 aromatic carbocycles. The Kier molecular flexibility index (Phi) is 12.0. The molecule has 0 fully saturated rings. The van der Waals surface area contributed by atoms with E-state index in [9.17, 15) is 9.90 Å². The van der Waals surface area contributed by atoms with Gasteiger partial charge in [-0.2, -0.15) is 0 Å². The van der Waals surface area contributed by atoms with Crippen molar-refractivity contribution >= 4 is 5.97 Å². The molecule has 0 amide bonds. The number of hydrogen-bond donors (Lipinski definition) is 2. The van der Waals surface area contributed by atoms with Crippen molar-refractivity contribution < 1.29 is 15.0 Å². The van der Waals surface area contributed by atoms with Gasteiger partial charge < -0.3 is 15.1 Å². The summed E-state index contributed by atoms with van der Waals surface area (Å²) >= 11 is 0. The highest BCUT2D eigenvalue weighted by Crippen LogP contribution is 2.08. The first-order chi connectivity index (χ1) is 9.06. The molecule has 19 heavy (non-hydrogen) atoms. The first-order valence-corrected chi connectivity index (χ1v) is 7.68. The monoisotopic (exact) mass is 273 g/mol. The van der Waals surface area contributed by atoms with E-state index in [1.165, 1.54) is 38.5 Å². The standard InChI is InChI=1S/C15H31NO3/c1-3-4-5-6-7-8-9-11-16(13-14(2)17)12-10-15(18)19/h14,17H,3-13H2,1-2H3,(H,18,19). The Morgan fingerprint density at radius 2 is 1.63 bits per heavy atom. The van der Waals surface area contributed by atoms with E-state index >= 15 is 0 Å². The van der Waals surface area contributed by atoms with Gasteiger partial charge in [0.15, 0.2) is 0 Å². The highest BCUT2D eigenvalue weighted by Gasteiger charge is 2.09. The predicted molar refractivity (Wildman–Crippen MR) is 78.4 cm³/mol. The molecular formula is C15H31NO3. The van der Waals surface area contributed by atoms with Crippen molar-refractivity contribution in [1.29, 1.82) is 0 Å². The van der Waals surface area contributed by atoms with Crippen LogP contribution in [0, 0.1) is 0 Å². The lowest BCUT2D eigenvalue weighted by atomic mass is 10.1. The van der Waals surface area contributed by atoms with Crippen molar-refractivity contribution in [2.45, 2.75) is 71.3 Å². The summed E-state index contributed by atoms with van der Waals surface area (Å²) in [7, 11) is 0. The second-order valence-corrected chi connectivity index (χ2v) is 5.41. The van der Waals surface area contributed by atoms with Gasteiger partial charge in [-0.3, -0.25) is 4.79 Å². The third kappa shape index (κ3) is 13.6. The Bertz CT molecular complexity index is 219. The summed E-state index contributed by atoms with van der Waals surface area (Å²) in [6, 6.07) is 0. The van der Waals surface area contributed by atoms with E-state index in [0.717, 1.165) is 13.0 Å². The lowest BCUT2D eigenvalue weighted by Crippen LogP contribution is -2.33. The quantitative estimate of drug-likeness (QED) is 0.507. The zero-order valence-electron chi connectivity index (χ0n) is 12.6. The Labute approximate surface area is 117 Å². The van der Waals surface area contributed by atoms with Crippen molar-refractivity contribution in [2.24, 2.45) is 0 Å². The van der Waals surface area contributed by atoms with Crippen LogP contribution in [0.4, 0.5) is 0 Å². The molecule has 0 aliphatic rings. The summed E-state index contributed by atoms with van der Waals surface area (Å²) in [4.78, 5) is 12.6. The van der Waals surface area contributed by atoms with E-state index in [0.29, 0.717) is 13.1 Å². The van der Waals surface area contributed by atoms with Crippen molar-refractivity contribution in [3.63, 3.8) is 0 Å². The molecule has 0 aliphatic heterocycles. The third-order valence-corrected chi connectivity index (χ3v) is 3.24. The zero-order valence-corrected chi connectivity index (χ0v) is 12.6. The number of aliphatic carboxylic acids is 1. The van der Waals surface area contributed by atoms with Crippen molar-refractivity contribution in [3.8, 4) is 0 Å². The Hall–Kier alpha value is -0.610. The maximum Gasteiger partial charge on any atom is 0.304 e. The Morgan fingerprint density at radius 1 is 1.05 bits per heavy atom. The van der Waals surface area contributed by atoms with Crippen LogP contribution in [0.15, 0.2) is 0 Å². The van der Waals surface area contributed by atoms with Crippen LogP contribution >= 0.6 is 0 Å². The average molecular weight is 273 g/mol. The van der Waals surface area contributed by atoms with Crippen LogP contribution in [0.1, 0.15) is 65.2 Å². The van der Waals surface area contributed by atoms with Crippen LogP contribution < -0.4 is 0 Å². The minimum absolute atomic E-state index is 0.156. The molecule has 2 N–H and O–H groups in total. The minimum Gasteiger partial charge on any atom is -0.481 e. The molecule has 0 bridgehead atoms. The maximum atomic E-state index is 10.6. The number of rotatable bonds is 13. The highest BCUT2D eigenvalue weighted by molar-refractivity contribution is 5.66. The molecule has 0 radical (unpaired) electrons. The van der Waals surface area contributed by atoms with E-state index in [4.69, 9.17) is 5.11 Å². The van der Waals surface area contributed by atoms with Crippen LogP contribution in [0.5, 0.6) is 0 Å². The fourth-order valence-electron chi connectivity index (χ4n) is 2.21. The Morgan fingerprint density at radius 3 is 2.16 bits per heavy atom. The van der Waals surface area contributed by atoms with E-state index < -0.39 is 12.1 Å². The molecule has 1 atom stereocenters. The first kappa shape index (κ1) is 18.4. The van der Waals surface area contributed by atoms with Crippen LogP contribution in [0.25, 0.3) is 0 Å². The Balaban J connectivity index is 3.64. The lowest BCUT2D eigenvalue weighted by Gasteiger charge is -2.22. The van der Waals surface area contributed by atoms with Gasteiger partial charge in [0.25, 0.3) is 0 Å². The van der Waals surface area contributed by atoms with Crippen molar-refractivity contribution in [2.75, 3.05) is 19.6 Å². The van der Waals surface area contributed by atoms with Gasteiger partial charge in [-0.05, 0) is 19.9 Å². The average Bonchev–Trinajstić information content (AvgIpc) is 2.33. The molecule has 114 valence electrons. The van der Waals surface area contributed by atoms with Gasteiger partial charge in [0.05, 0.1) is 12.5 Å². The third-order valence-electron chi connectivity index (χ3n) is 3.24. The summed E-state index contributed by atoms with van der Waals surface area (Å²) in [6.45, 7) is 5.97. The summed E-state index contributed by atoms with van der Waals surface area (Å²) in [6.07, 6.45) is 8.56. The van der Waals surface area contributed by atoms with Crippen LogP contribution in [-0.2, 0) is 4.79 Å². The molecule has 0 rings (SSSR count). The van der Waals surface area contributed by atoms with Gasteiger partial charge in [0, 0.05) is 13.1 Å². The SMILES string of the molecule is CCCCCCCCCN(CCC(=O)O)CC(C)O. The van der Waals surface area contributed by atoms with Crippen molar-refractivity contribution in [3.05, 3.63) is 0 Å². The molecule has 0 aliphatic carbocycles. The zero-order chi connectivity index (χ0) is 14.5. The fraction of sp³-hybridized carbons (Fsp3) is 0.933. The second-order valence-electron chi connectivity index (χ2n) is 5.41. The molecule has 0 saturated carbocycles. The molecule has 4 heteroatoms. The number of aliphatic hydroxyl groups is 1. The number of carboxylic acid groups (broad SMARTS) is 1. The number of carbonyl (C=O) groups is 1. The van der Waals surface area contributed by atoms with Crippen LogP contribution in [-0.4, -0.2) is 46.8 Å². The largest absolute Gasteiger partial charge is 0.481 e. The topological polar surface area (TPSA) is 60.8 Å². The number of unbranched alkanes of at least 4 members (excludes halogenated alkanes) is 6. The highest BCUT2D eigenvalue weighted by atomic mass is 16.4. The molecule has 0 heterocycles. The smallest absolute Gasteiger partial charge is 0.304 e. The predicted octanol–water partition coefficient (Wildman–Crippen LogP) is 2.89. The second kappa shape index (κ2) is 12.4. The maximum absolute atomic E-state index is 10.6. The minimum atomic E-state index is -0.768. The molecule has 0 aromatic rings. The first-order valence-electron chi connectivity index (χ1n) is 7.68. The van der Waals surface area contributed by atoms with Crippen LogP contribution in [0.2, 0.25) is 0 Å². The summed E-state index contributed by atoms with van der Waals surface area (Å²) in [5, 5.41) is 18.1. The number of aliphatic hydroxyl groups excluding tert-OH is 1. The van der Waals surface area contributed by atoms with Crippen LogP contribution in [0.3, 0.4) is 0 Å². The number of nitrogens with zero attached hydrogens (tertiary/aromatic N) is 1. The van der Waals surface area contributed by atoms with E-state index in [2.05, 4.69) is 11.8 Å². The summed E-state index contributed by atoms with van der Waals surface area (Å²) in [5.41, 5.74) is 0. The van der Waals surface area contributed by atoms with Gasteiger partial charge in [-0.1, -0.05) is 45.4 Å². The number of carboxylic acids is 1. The van der Waals surface area contributed by atoms with E-state index in [-0.39, 0.29) is 6.42 Å².